The van der Waals surface area contributed by atoms with Crippen molar-refractivity contribution in [3.8, 4) is 0 Å². The third-order valence-corrected chi connectivity index (χ3v) is 2.46. The molecule has 71 valence electrons. The summed E-state index contributed by atoms with van der Waals surface area (Å²) in [5.41, 5.74) is 0.454. The van der Waals surface area contributed by atoms with Crippen LogP contribution in [0.3, 0.4) is 0 Å². The van der Waals surface area contributed by atoms with Crippen molar-refractivity contribution >= 4 is 0 Å². The van der Waals surface area contributed by atoms with Crippen molar-refractivity contribution in [2.24, 2.45) is 0 Å². The van der Waals surface area contributed by atoms with Gasteiger partial charge in [-0.2, -0.15) is 0 Å². The lowest BCUT2D eigenvalue weighted by Gasteiger charge is -2.24. The molecule has 1 aromatic rings. The molecule has 0 unspecified atom stereocenters. The first kappa shape index (κ1) is 10.3. The lowest BCUT2D eigenvalue weighted by molar-refractivity contribution is 0.0691. The third-order valence-electron chi connectivity index (χ3n) is 2.46. The summed E-state index contributed by atoms with van der Waals surface area (Å²) in [7, 11) is 0. The fourth-order valence-electron chi connectivity index (χ4n) is 1.31. The first-order valence-corrected chi connectivity index (χ1v) is 4.83. The van der Waals surface area contributed by atoms with Gasteiger partial charge in [-0.3, -0.25) is 0 Å². The van der Waals surface area contributed by atoms with Crippen LogP contribution in [-0.2, 0) is 0 Å². The second-order valence-corrected chi connectivity index (χ2v) is 3.37. The number of hydrogen-bond donors (Lipinski definition) is 1. The Morgan fingerprint density at radius 2 is 1.69 bits per heavy atom. The molecule has 0 heterocycles. The van der Waals surface area contributed by atoms with Gasteiger partial charge in [0.2, 0.25) is 0 Å². The minimum absolute atomic E-state index is 0.638. The Morgan fingerprint density at radius 3 is 2.15 bits per heavy atom. The Bertz CT molecular complexity index is 237. The molecule has 1 aromatic carbocycles. The summed E-state index contributed by atoms with van der Waals surface area (Å²) in [6.45, 7) is 4.01. The van der Waals surface area contributed by atoms with Gasteiger partial charge >= 0.3 is 0 Å². The Kier molecular flexibility index (Phi) is 3.49. The van der Waals surface area contributed by atoms with E-state index in [0.29, 0.717) is 0 Å². The van der Waals surface area contributed by atoms with Crippen LogP contribution in [0.1, 0.15) is 32.3 Å². The summed E-state index contributed by atoms with van der Waals surface area (Å²) in [5, 5.41) is 10.0. The summed E-state index contributed by atoms with van der Waals surface area (Å²) < 4.78 is 0. The van der Waals surface area contributed by atoms with E-state index in [-0.39, 0.29) is 0 Å². The molecule has 1 rings (SSSR count). The molecule has 13 heavy (non-hydrogen) atoms. The number of rotatable bonds is 4. The van der Waals surface area contributed by atoms with Crippen LogP contribution in [0.15, 0.2) is 30.3 Å². The first-order valence-electron chi connectivity index (χ1n) is 4.83. The first-order chi connectivity index (χ1) is 6.20. The third kappa shape index (κ3) is 2.85. The largest absolute Gasteiger partial charge is 0.389 e. The van der Waals surface area contributed by atoms with Gasteiger partial charge in [-0.15, -0.1) is 0 Å². The van der Waals surface area contributed by atoms with Gasteiger partial charge < -0.3 is 5.11 Å². The average molecular weight is 177 g/mol. The van der Waals surface area contributed by atoms with E-state index in [2.05, 4.69) is 0 Å². The predicted octanol–water partition coefficient (Wildman–Crippen LogP) is 2.79. The summed E-state index contributed by atoms with van der Waals surface area (Å²) in [6, 6.07) is 9.97. The van der Waals surface area contributed by atoms with E-state index in [1.807, 2.05) is 50.6 Å². The minimum atomic E-state index is -0.638. The molecule has 0 aliphatic heterocycles. The highest BCUT2D eigenvalue weighted by atomic mass is 16.3. The normalized spacial score (nSPS) is 11.6. The van der Waals surface area contributed by atoms with Gasteiger partial charge in [-0.25, -0.2) is 0 Å². The Balaban J connectivity index is 2.68. The van der Waals surface area contributed by atoms with Crippen molar-refractivity contribution in [1.29, 1.82) is 0 Å². The van der Waals surface area contributed by atoms with Crippen LogP contribution in [0, 0.1) is 6.42 Å². The molecule has 1 heteroatoms. The number of hydrogen-bond acceptors (Lipinski definition) is 1. The maximum absolute atomic E-state index is 10.0. The zero-order chi connectivity index (χ0) is 9.73. The van der Waals surface area contributed by atoms with Gasteiger partial charge in [0.25, 0.3) is 0 Å². The highest BCUT2D eigenvalue weighted by Crippen LogP contribution is 2.22. The number of aliphatic hydroxyl groups is 1. The monoisotopic (exact) mass is 177 g/mol. The second-order valence-electron chi connectivity index (χ2n) is 3.37. The van der Waals surface area contributed by atoms with E-state index in [0.717, 1.165) is 18.4 Å². The van der Waals surface area contributed by atoms with Crippen LogP contribution in [0.5, 0.6) is 0 Å². The SMILES string of the molecule is CCC(O)([CH]c1ccccc1)CC. The molecule has 0 spiro atoms. The maximum atomic E-state index is 10.0. The topological polar surface area (TPSA) is 20.2 Å². The zero-order valence-electron chi connectivity index (χ0n) is 8.33. The van der Waals surface area contributed by atoms with Crippen LogP contribution in [0.25, 0.3) is 0 Å². The molecule has 0 amide bonds. The van der Waals surface area contributed by atoms with Crippen LogP contribution < -0.4 is 0 Å². The van der Waals surface area contributed by atoms with Gasteiger partial charge in [0.15, 0.2) is 0 Å². The lowest BCUT2D eigenvalue weighted by Crippen LogP contribution is -2.27. The van der Waals surface area contributed by atoms with Crippen molar-refractivity contribution in [3.05, 3.63) is 42.3 Å². The molecular formula is C12H17O. The van der Waals surface area contributed by atoms with Gasteiger partial charge in [0.1, 0.15) is 0 Å². The molecule has 1 radical (unpaired) electrons. The predicted molar refractivity (Wildman–Crippen MR) is 55.4 cm³/mol. The quantitative estimate of drug-likeness (QED) is 0.749. The minimum Gasteiger partial charge on any atom is -0.389 e. The molecule has 0 aromatic heterocycles. The fourth-order valence-corrected chi connectivity index (χ4v) is 1.31. The van der Waals surface area contributed by atoms with E-state index in [9.17, 15) is 5.11 Å². The van der Waals surface area contributed by atoms with E-state index in [1.165, 1.54) is 0 Å². The van der Waals surface area contributed by atoms with Crippen molar-refractivity contribution < 1.29 is 5.11 Å². The average Bonchev–Trinajstić information content (AvgIpc) is 2.19. The van der Waals surface area contributed by atoms with Crippen LogP contribution in [-0.4, -0.2) is 10.7 Å². The van der Waals surface area contributed by atoms with Crippen molar-refractivity contribution in [2.75, 3.05) is 0 Å². The molecule has 0 aliphatic carbocycles. The fraction of sp³-hybridized carbons (Fsp3) is 0.417. The smallest absolute Gasteiger partial charge is 0.0717 e. The Morgan fingerprint density at radius 1 is 1.15 bits per heavy atom. The second kappa shape index (κ2) is 4.43. The van der Waals surface area contributed by atoms with Gasteiger partial charge in [-0.05, 0) is 18.4 Å². The standard InChI is InChI=1S/C12H17O/c1-3-12(13,4-2)10-11-8-6-5-7-9-11/h5-10,13H,3-4H2,1-2H3. The highest BCUT2D eigenvalue weighted by Gasteiger charge is 2.22. The zero-order valence-corrected chi connectivity index (χ0v) is 8.33. The van der Waals surface area contributed by atoms with Crippen molar-refractivity contribution in [2.45, 2.75) is 32.3 Å². The van der Waals surface area contributed by atoms with E-state index < -0.39 is 5.60 Å². The molecule has 1 nitrogen and oxygen atoms in total. The van der Waals surface area contributed by atoms with Gasteiger partial charge in [0, 0.05) is 6.42 Å². The summed E-state index contributed by atoms with van der Waals surface area (Å²) in [5.74, 6) is 0. The molecule has 0 saturated heterocycles. The Labute approximate surface area is 80.4 Å². The van der Waals surface area contributed by atoms with Crippen LogP contribution in [0.2, 0.25) is 0 Å². The molecule has 0 aliphatic rings. The number of benzene rings is 1. The highest BCUT2D eigenvalue weighted by molar-refractivity contribution is 5.26. The lowest BCUT2D eigenvalue weighted by atomic mass is 9.90. The van der Waals surface area contributed by atoms with E-state index in [4.69, 9.17) is 0 Å². The van der Waals surface area contributed by atoms with E-state index >= 15 is 0 Å². The Hall–Kier alpha value is -0.820. The van der Waals surface area contributed by atoms with Gasteiger partial charge in [0.05, 0.1) is 5.60 Å². The molecule has 0 saturated carbocycles. The maximum Gasteiger partial charge on any atom is 0.0717 e. The molecule has 1 N–H and O–H groups in total. The molecule has 0 fully saturated rings. The summed E-state index contributed by atoms with van der Waals surface area (Å²) in [4.78, 5) is 0. The molecule has 0 bridgehead atoms. The van der Waals surface area contributed by atoms with E-state index in [1.54, 1.807) is 0 Å². The van der Waals surface area contributed by atoms with Crippen molar-refractivity contribution in [3.63, 3.8) is 0 Å². The van der Waals surface area contributed by atoms with Gasteiger partial charge in [-0.1, -0.05) is 44.2 Å². The molecule has 0 atom stereocenters. The van der Waals surface area contributed by atoms with Crippen molar-refractivity contribution in [1.82, 2.24) is 0 Å². The summed E-state index contributed by atoms with van der Waals surface area (Å²) in [6.07, 6.45) is 3.46. The summed E-state index contributed by atoms with van der Waals surface area (Å²) >= 11 is 0. The molecular weight excluding hydrogens is 160 g/mol. The van der Waals surface area contributed by atoms with Crippen LogP contribution >= 0.6 is 0 Å². The van der Waals surface area contributed by atoms with Crippen LogP contribution in [0.4, 0.5) is 0 Å².